The number of halogens is 5. The standard InChI is InChI=1S/C17H18F5N7/c18-13(19)6-24-15-10(17(20,21)22)5-25-16(27-15)26-11-7-29(12-3-9(12)4-23)28-14(11)8-1-2-8/h4-5,7-9,12-13,23H,1-3,6H2,(H2,24,25,26,27)/t9-,12-/m1/s1. The summed E-state index contributed by atoms with van der Waals surface area (Å²) in [6.45, 7) is -0.961. The molecule has 4 rings (SSSR count). The van der Waals surface area contributed by atoms with Crippen LogP contribution in [0.2, 0.25) is 0 Å². The van der Waals surface area contributed by atoms with Gasteiger partial charge < -0.3 is 16.0 Å². The summed E-state index contributed by atoms with van der Waals surface area (Å²) in [5.74, 6) is -0.471. The van der Waals surface area contributed by atoms with E-state index in [4.69, 9.17) is 5.41 Å². The smallest absolute Gasteiger partial charge is 0.364 e. The Morgan fingerprint density at radius 3 is 2.66 bits per heavy atom. The van der Waals surface area contributed by atoms with Gasteiger partial charge in [-0.05, 0) is 19.3 Å². The van der Waals surface area contributed by atoms with Crippen LogP contribution in [-0.4, -0.2) is 38.9 Å². The fraction of sp³-hybridized carbons (Fsp3) is 0.529. The van der Waals surface area contributed by atoms with Crippen molar-refractivity contribution in [2.45, 2.75) is 43.8 Å². The Morgan fingerprint density at radius 2 is 2.07 bits per heavy atom. The molecular formula is C17H18F5N7. The monoisotopic (exact) mass is 415 g/mol. The van der Waals surface area contributed by atoms with Crippen LogP contribution in [0.15, 0.2) is 12.4 Å². The van der Waals surface area contributed by atoms with Crippen molar-refractivity contribution < 1.29 is 22.0 Å². The largest absolute Gasteiger partial charge is 0.421 e. The lowest BCUT2D eigenvalue weighted by Crippen LogP contribution is -2.18. The zero-order chi connectivity index (χ0) is 20.8. The molecule has 2 aromatic rings. The molecular weight excluding hydrogens is 397 g/mol. The van der Waals surface area contributed by atoms with Crippen molar-refractivity contribution in [2.75, 3.05) is 17.2 Å². The summed E-state index contributed by atoms with van der Waals surface area (Å²) in [4.78, 5) is 7.48. The first-order valence-corrected chi connectivity index (χ1v) is 9.09. The molecule has 156 valence electrons. The first-order chi connectivity index (χ1) is 13.8. The third kappa shape index (κ3) is 4.30. The normalized spacial score (nSPS) is 21.3. The highest BCUT2D eigenvalue weighted by Crippen LogP contribution is 2.47. The lowest BCUT2D eigenvalue weighted by molar-refractivity contribution is -0.137. The summed E-state index contributed by atoms with van der Waals surface area (Å²) < 4.78 is 66.0. The minimum absolute atomic E-state index is 0.0948. The number of hydrogen-bond acceptors (Lipinski definition) is 6. The van der Waals surface area contributed by atoms with Crippen molar-refractivity contribution >= 4 is 23.7 Å². The summed E-state index contributed by atoms with van der Waals surface area (Å²) >= 11 is 0. The lowest BCUT2D eigenvalue weighted by Gasteiger charge is -2.14. The van der Waals surface area contributed by atoms with Gasteiger partial charge in [-0.2, -0.15) is 23.3 Å². The number of rotatable bonds is 8. The van der Waals surface area contributed by atoms with Gasteiger partial charge in [0.15, 0.2) is 0 Å². The Kier molecular flexibility index (Phi) is 4.87. The van der Waals surface area contributed by atoms with Gasteiger partial charge in [0.1, 0.15) is 11.4 Å². The van der Waals surface area contributed by atoms with E-state index in [1.165, 1.54) is 6.21 Å². The second kappa shape index (κ2) is 7.23. The van der Waals surface area contributed by atoms with Crippen LogP contribution in [0.3, 0.4) is 0 Å². The van der Waals surface area contributed by atoms with Crippen molar-refractivity contribution in [3.05, 3.63) is 23.7 Å². The maximum Gasteiger partial charge on any atom is 0.421 e. The van der Waals surface area contributed by atoms with Crippen molar-refractivity contribution in [2.24, 2.45) is 5.92 Å². The third-order valence-electron chi connectivity index (χ3n) is 4.85. The molecule has 2 atom stereocenters. The maximum absolute atomic E-state index is 13.1. The Morgan fingerprint density at radius 1 is 1.31 bits per heavy atom. The van der Waals surface area contributed by atoms with Crippen LogP contribution in [-0.2, 0) is 6.18 Å². The number of nitrogens with one attached hydrogen (secondary N) is 3. The van der Waals surface area contributed by atoms with Crippen LogP contribution in [0.25, 0.3) is 0 Å². The van der Waals surface area contributed by atoms with E-state index in [2.05, 4.69) is 20.4 Å². The first kappa shape index (κ1) is 19.5. The Balaban J connectivity index is 1.60. The molecule has 0 amide bonds. The van der Waals surface area contributed by atoms with E-state index in [9.17, 15) is 22.0 Å². The van der Waals surface area contributed by atoms with E-state index in [1.807, 2.05) is 5.32 Å². The summed E-state index contributed by atoms with van der Waals surface area (Å²) in [6, 6.07) is 0.0948. The molecule has 0 saturated heterocycles. The van der Waals surface area contributed by atoms with Gasteiger partial charge in [-0.3, -0.25) is 4.68 Å². The topological polar surface area (TPSA) is 91.5 Å². The predicted octanol–water partition coefficient (Wildman–Crippen LogP) is 4.20. The molecule has 0 aromatic carbocycles. The van der Waals surface area contributed by atoms with Crippen molar-refractivity contribution in [1.29, 1.82) is 5.41 Å². The van der Waals surface area contributed by atoms with E-state index in [1.54, 1.807) is 10.9 Å². The Hall–Kier alpha value is -2.79. The molecule has 2 aliphatic carbocycles. The van der Waals surface area contributed by atoms with Crippen LogP contribution in [0.1, 0.15) is 42.5 Å². The number of aromatic nitrogens is 4. The molecule has 0 radical (unpaired) electrons. The van der Waals surface area contributed by atoms with Gasteiger partial charge in [-0.25, -0.2) is 13.8 Å². The van der Waals surface area contributed by atoms with Gasteiger partial charge in [0, 0.05) is 30.4 Å². The molecule has 7 nitrogen and oxygen atoms in total. The minimum atomic E-state index is -4.78. The molecule has 2 heterocycles. The number of nitrogens with zero attached hydrogens (tertiary/aromatic N) is 4. The van der Waals surface area contributed by atoms with Gasteiger partial charge in [-0.15, -0.1) is 0 Å². The van der Waals surface area contributed by atoms with Crippen LogP contribution < -0.4 is 10.6 Å². The SMILES string of the molecule is N=C[C@H]1C[C@H]1n1cc(Nc2ncc(C(F)(F)F)c(NCC(F)F)n2)c(C2CC2)n1. The highest BCUT2D eigenvalue weighted by molar-refractivity contribution is 5.63. The minimum Gasteiger partial charge on any atom is -0.364 e. The summed E-state index contributed by atoms with van der Waals surface area (Å²) in [5, 5.41) is 16.8. The molecule has 2 aromatic heterocycles. The molecule has 2 aliphatic rings. The number of anilines is 3. The van der Waals surface area contributed by atoms with Crippen LogP contribution in [0, 0.1) is 11.3 Å². The van der Waals surface area contributed by atoms with Gasteiger partial charge in [0.05, 0.1) is 24.0 Å². The van der Waals surface area contributed by atoms with Gasteiger partial charge in [0.25, 0.3) is 6.43 Å². The molecule has 0 spiro atoms. The van der Waals surface area contributed by atoms with E-state index in [-0.39, 0.29) is 23.8 Å². The Labute approximate surface area is 162 Å². The second-order valence-electron chi connectivity index (χ2n) is 7.17. The first-order valence-electron chi connectivity index (χ1n) is 9.09. The Bertz CT molecular complexity index is 906. The highest BCUT2D eigenvalue weighted by Gasteiger charge is 2.40. The molecule has 0 unspecified atom stereocenters. The molecule has 0 aliphatic heterocycles. The molecule has 0 bridgehead atoms. The summed E-state index contributed by atoms with van der Waals surface area (Å²) in [7, 11) is 0. The third-order valence-corrected chi connectivity index (χ3v) is 4.85. The van der Waals surface area contributed by atoms with Gasteiger partial charge >= 0.3 is 6.18 Å². The molecule has 2 saturated carbocycles. The average molecular weight is 415 g/mol. The molecule has 3 N–H and O–H groups in total. The van der Waals surface area contributed by atoms with Gasteiger partial charge in [0.2, 0.25) is 5.95 Å². The zero-order valence-electron chi connectivity index (χ0n) is 15.0. The van der Waals surface area contributed by atoms with Gasteiger partial charge in [-0.1, -0.05) is 0 Å². The lowest BCUT2D eigenvalue weighted by atomic mass is 10.2. The number of alkyl halides is 5. The molecule has 2 fully saturated rings. The quantitative estimate of drug-likeness (QED) is 0.444. The fourth-order valence-corrected chi connectivity index (χ4v) is 3.09. The van der Waals surface area contributed by atoms with Crippen molar-refractivity contribution in [1.82, 2.24) is 19.7 Å². The highest BCUT2D eigenvalue weighted by atomic mass is 19.4. The summed E-state index contributed by atoms with van der Waals surface area (Å²) in [5.41, 5.74) is 0.127. The molecule has 12 heteroatoms. The predicted molar refractivity (Wildman–Crippen MR) is 94.9 cm³/mol. The second-order valence-corrected chi connectivity index (χ2v) is 7.17. The van der Waals surface area contributed by atoms with E-state index in [0.717, 1.165) is 25.0 Å². The van der Waals surface area contributed by atoms with E-state index in [0.29, 0.717) is 11.9 Å². The zero-order valence-corrected chi connectivity index (χ0v) is 15.0. The average Bonchev–Trinajstić information content (AvgIpc) is 3.57. The van der Waals surface area contributed by atoms with Crippen molar-refractivity contribution in [3.63, 3.8) is 0 Å². The summed E-state index contributed by atoms with van der Waals surface area (Å²) in [6.07, 6.45) is -1.21. The maximum atomic E-state index is 13.1. The van der Waals surface area contributed by atoms with Crippen LogP contribution in [0.4, 0.5) is 39.4 Å². The van der Waals surface area contributed by atoms with Crippen LogP contribution >= 0.6 is 0 Å². The van der Waals surface area contributed by atoms with E-state index >= 15 is 0 Å². The number of hydrogen-bond donors (Lipinski definition) is 3. The fourth-order valence-electron chi connectivity index (χ4n) is 3.09. The van der Waals surface area contributed by atoms with Crippen LogP contribution in [0.5, 0.6) is 0 Å². The van der Waals surface area contributed by atoms with E-state index < -0.39 is 30.5 Å². The molecule has 29 heavy (non-hydrogen) atoms. The van der Waals surface area contributed by atoms with Crippen molar-refractivity contribution in [3.8, 4) is 0 Å².